The van der Waals surface area contributed by atoms with Crippen LogP contribution in [0.5, 0.6) is 0 Å². The Balaban J connectivity index is 1.46. The van der Waals surface area contributed by atoms with Gasteiger partial charge in [0.05, 0.1) is 5.69 Å². The molecule has 30 heavy (non-hydrogen) atoms. The summed E-state index contributed by atoms with van der Waals surface area (Å²) in [5, 5.41) is 9.73. The number of carbonyl (C=O) groups excluding carboxylic acids is 2. The number of halogens is 1. The summed E-state index contributed by atoms with van der Waals surface area (Å²) in [6.07, 6.45) is 0. The largest absolute Gasteiger partial charge is 0.326 e. The van der Waals surface area contributed by atoms with E-state index in [1.54, 1.807) is 35.7 Å². The summed E-state index contributed by atoms with van der Waals surface area (Å²) in [6, 6.07) is 13.6. The summed E-state index contributed by atoms with van der Waals surface area (Å²) >= 11 is 2.50. The van der Waals surface area contributed by atoms with Crippen molar-refractivity contribution in [3.05, 3.63) is 70.8 Å². The lowest BCUT2D eigenvalue weighted by atomic mass is 10.1. The van der Waals surface area contributed by atoms with Gasteiger partial charge < -0.3 is 5.32 Å². The second-order valence-corrected chi connectivity index (χ2v) is 7.98. The van der Waals surface area contributed by atoms with Crippen LogP contribution in [0.2, 0.25) is 0 Å². The minimum absolute atomic E-state index is 0.137. The number of thiazole rings is 2. The van der Waals surface area contributed by atoms with E-state index in [1.165, 1.54) is 35.7 Å². The van der Waals surface area contributed by atoms with Crippen LogP contribution in [-0.4, -0.2) is 21.8 Å². The van der Waals surface area contributed by atoms with Gasteiger partial charge in [-0.1, -0.05) is 24.3 Å². The quantitative estimate of drug-likeness (QED) is 0.444. The third-order valence-electron chi connectivity index (χ3n) is 4.07. The maximum Gasteiger partial charge on any atom is 0.276 e. The summed E-state index contributed by atoms with van der Waals surface area (Å²) in [5.41, 5.74) is 2.82. The number of rotatable bonds is 5. The molecule has 2 amide bonds. The number of carbonyl (C=O) groups is 2. The van der Waals surface area contributed by atoms with Crippen LogP contribution in [0.4, 0.5) is 15.2 Å². The van der Waals surface area contributed by atoms with Crippen molar-refractivity contribution in [3.63, 3.8) is 0 Å². The highest BCUT2D eigenvalue weighted by Gasteiger charge is 2.16. The summed E-state index contributed by atoms with van der Waals surface area (Å²) in [7, 11) is 0. The van der Waals surface area contributed by atoms with Crippen molar-refractivity contribution in [2.24, 2.45) is 0 Å². The molecule has 4 rings (SSSR count). The fourth-order valence-corrected chi connectivity index (χ4v) is 4.23. The van der Waals surface area contributed by atoms with E-state index in [-0.39, 0.29) is 17.4 Å². The molecule has 0 saturated carbocycles. The Morgan fingerprint density at radius 2 is 1.70 bits per heavy atom. The molecule has 0 radical (unpaired) electrons. The van der Waals surface area contributed by atoms with Crippen LogP contribution in [-0.2, 0) is 4.79 Å². The standard InChI is InChI=1S/C21H15FN4O2S2/c1-12(27)23-14-8-6-13(7-9-14)17-10-30-21(25-17)26-19(28)18-11-29-20(24-18)15-4-2-3-5-16(15)22/h2-11H,1H3,(H,23,27)(H,25,26,28). The Labute approximate surface area is 179 Å². The zero-order valence-corrected chi connectivity index (χ0v) is 17.3. The molecular formula is C21H15FN4O2S2. The molecule has 2 aromatic carbocycles. The van der Waals surface area contributed by atoms with Gasteiger partial charge in [-0.3, -0.25) is 14.9 Å². The number of amides is 2. The number of nitrogens with zero attached hydrogens (tertiary/aromatic N) is 2. The van der Waals surface area contributed by atoms with Crippen molar-refractivity contribution >= 4 is 45.3 Å². The molecule has 0 aliphatic rings. The normalized spacial score (nSPS) is 10.6. The van der Waals surface area contributed by atoms with Crippen LogP contribution in [0.1, 0.15) is 17.4 Å². The van der Waals surface area contributed by atoms with E-state index < -0.39 is 5.91 Å². The first-order valence-electron chi connectivity index (χ1n) is 8.85. The second-order valence-electron chi connectivity index (χ2n) is 6.27. The molecule has 0 bridgehead atoms. The lowest BCUT2D eigenvalue weighted by molar-refractivity contribution is -0.114. The van der Waals surface area contributed by atoms with Crippen LogP contribution >= 0.6 is 22.7 Å². The fraction of sp³-hybridized carbons (Fsp3) is 0.0476. The first-order valence-corrected chi connectivity index (χ1v) is 10.6. The van der Waals surface area contributed by atoms with Crippen molar-refractivity contribution in [2.75, 3.05) is 10.6 Å². The maximum atomic E-state index is 13.9. The molecule has 4 aromatic rings. The minimum Gasteiger partial charge on any atom is -0.326 e. The van der Waals surface area contributed by atoms with Gasteiger partial charge >= 0.3 is 0 Å². The summed E-state index contributed by atoms with van der Waals surface area (Å²) in [5.74, 6) is -0.926. The SMILES string of the molecule is CC(=O)Nc1ccc(-c2csc(NC(=O)c3csc(-c4ccccc4F)n3)n2)cc1. The van der Waals surface area contributed by atoms with Crippen LogP contribution in [0.3, 0.4) is 0 Å². The molecule has 0 spiro atoms. The fourth-order valence-electron chi connectivity index (χ4n) is 2.69. The predicted molar refractivity (Wildman–Crippen MR) is 117 cm³/mol. The van der Waals surface area contributed by atoms with Crippen molar-refractivity contribution < 1.29 is 14.0 Å². The first kappa shape index (κ1) is 19.9. The van der Waals surface area contributed by atoms with Gasteiger partial charge in [0.2, 0.25) is 5.91 Å². The molecule has 0 saturated heterocycles. The summed E-state index contributed by atoms with van der Waals surface area (Å²) < 4.78 is 13.9. The number of hydrogen-bond donors (Lipinski definition) is 2. The monoisotopic (exact) mass is 438 g/mol. The summed E-state index contributed by atoms with van der Waals surface area (Å²) in [6.45, 7) is 1.45. The Morgan fingerprint density at radius 3 is 2.43 bits per heavy atom. The zero-order valence-electron chi connectivity index (χ0n) is 15.7. The van der Waals surface area contributed by atoms with Crippen molar-refractivity contribution in [1.29, 1.82) is 0 Å². The third kappa shape index (κ3) is 4.42. The number of aromatic nitrogens is 2. The molecular weight excluding hydrogens is 423 g/mol. The van der Waals surface area contributed by atoms with Crippen molar-refractivity contribution in [3.8, 4) is 21.8 Å². The van der Waals surface area contributed by atoms with Gasteiger partial charge in [0, 0.05) is 34.5 Å². The van der Waals surface area contributed by atoms with Gasteiger partial charge in [0.1, 0.15) is 16.5 Å². The van der Waals surface area contributed by atoms with Crippen molar-refractivity contribution in [1.82, 2.24) is 9.97 Å². The first-order chi connectivity index (χ1) is 14.5. The average Bonchev–Trinajstić information content (AvgIpc) is 3.38. The molecule has 2 aromatic heterocycles. The Bertz CT molecular complexity index is 1220. The number of nitrogens with one attached hydrogen (secondary N) is 2. The highest BCUT2D eigenvalue weighted by atomic mass is 32.1. The van der Waals surface area contributed by atoms with E-state index >= 15 is 0 Å². The van der Waals surface area contributed by atoms with Gasteiger partial charge in [-0.15, -0.1) is 22.7 Å². The molecule has 6 nitrogen and oxygen atoms in total. The molecule has 9 heteroatoms. The molecule has 2 N–H and O–H groups in total. The van der Waals surface area contributed by atoms with Crippen molar-refractivity contribution in [2.45, 2.75) is 6.92 Å². The predicted octanol–water partition coefficient (Wildman–Crippen LogP) is 5.28. The Morgan fingerprint density at radius 1 is 0.933 bits per heavy atom. The lowest BCUT2D eigenvalue weighted by Crippen LogP contribution is -2.12. The van der Waals surface area contributed by atoms with E-state index in [0.717, 1.165) is 5.56 Å². The summed E-state index contributed by atoms with van der Waals surface area (Å²) in [4.78, 5) is 32.3. The van der Waals surface area contributed by atoms with E-state index in [2.05, 4.69) is 20.6 Å². The molecule has 0 aliphatic carbocycles. The molecule has 0 aliphatic heterocycles. The smallest absolute Gasteiger partial charge is 0.276 e. The van der Waals surface area contributed by atoms with Gasteiger partial charge in [0.25, 0.3) is 5.91 Å². The third-order valence-corrected chi connectivity index (χ3v) is 5.70. The number of hydrogen-bond acceptors (Lipinski definition) is 6. The zero-order chi connectivity index (χ0) is 21.1. The van der Waals surface area contributed by atoms with Gasteiger partial charge in [-0.2, -0.15) is 0 Å². The number of benzene rings is 2. The van der Waals surface area contributed by atoms with Gasteiger partial charge in [-0.25, -0.2) is 14.4 Å². The lowest BCUT2D eigenvalue weighted by Gasteiger charge is -2.02. The molecule has 2 heterocycles. The van der Waals surface area contributed by atoms with E-state index in [0.29, 0.717) is 27.1 Å². The highest BCUT2D eigenvalue weighted by molar-refractivity contribution is 7.14. The van der Waals surface area contributed by atoms with E-state index in [9.17, 15) is 14.0 Å². The Hall–Kier alpha value is -3.43. The molecule has 150 valence electrons. The average molecular weight is 439 g/mol. The van der Waals surface area contributed by atoms with E-state index in [4.69, 9.17) is 0 Å². The Kier molecular flexibility index (Phi) is 5.64. The molecule has 0 atom stereocenters. The number of anilines is 2. The van der Waals surface area contributed by atoms with Crippen LogP contribution < -0.4 is 10.6 Å². The highest BCUT2D eigenvalue weighted by Crippen LogP contribution is 2.28. The maximum absolute atomic E-state index is 13.9. The molecule has 0 fully saturated rings. The van der Waals surface area contributed by atoms with Gasteiger partial charge in [0.15, 0.2) is 5.13 Å². The molecule has 0 unspecified atom stereocenters. The second kappa shape index (κ2) is 8.52. The van der Waals surface area contributed by atoms with Gasteiger partial charge in [-0.05, 0) is 24.3 Å². The minimum atomic E-state index is -0.407. The van der Waals surface area contributed by atoms with E-state index in [1.807, 2.05) is 17.5 Å². The van der Waals surface area contributed by atoms with Crippen LogP contribution in [0.15, 0.2) is 59.3 Å². The van der Waals surface area contributed by atoms with Crippen LogP contribution in [0, 0.1) is 5.82 Å². The topological polar surface area (TPSA) is 84.0 Å². The van der Waals surface area contributed by atoms with Crippen LogP contribution in [0.25, 0.3) is 21.8 Å².